The van der Waals surface area contributed by atoms with Crippen LogP contribution in [0.15, 0.2) is 18.2 Å². The van der Waals surface area contributed by atoms with Crippen molar-refractivity contribution in [2.45, 2.75) is 45.1 Å². The second kappa shape index (κ2) is 3.70. The van der Waals surface area contributed by atoms with Gasteiger partial charge in [-0.2, -0.15) is 0 Å². The van der Waals surface area contributed by atoms with Gasteiger partial charge in [-0.25, -0.2) is 0 Å². The smallest absolute Gasteiger partial charge is 0.182 e. The van der Waals surface area contributed by atoms with Crippen LogP contribution in [0.3, 0.4) is 0 Å². The summed E-state index contributed by atoms with van der Waals surface area (Å²) in [7, 11) is 0. The van der Waals surface area contributed by atoms with E-state index in [2.05, 4.69) is 19.9 Å². The fraction of sp³-hybridized carbons (Fsp3) is 0.500. The summed E-state index contributed by atoms with van der Waals surface area (Å²) in [6, 6.07) is 6.12. The van der Waals surface area contributed by atoms with Crippen molar-refractivity contribution in [2.24, 2.45) is 5.73 Å². The van der Waals surface area contributed by atoms with Gasteiger partial charge >= 0.3 is 0 Å². The number of hydrogen-bond acceptors (Lipinski definition) is 2. The molecule has 0 aliphatic heterocycles. The van der Waals surface area contributed by atoms with Gasteiger partial charge in [-0.15, -0.1) is 0 Å². The van der Waals surface area contributed by atoms with Crippen LogP contribution in [0.4, 0.5) is 0 Å². The van der Waals surface area contributed by atoms with Crippen LogP contribution in [-0.2, 0) is 0 Å². The molecule has 0 bridgehead atoms. The van der Waals surface area contributed by atoms with Crippen LogP contribution in [0.1, 0.15) is 54.1 Å². The van der Waals surface area contributed by atoms with Crippen LogP contribution in [0, 0.1) is 6.92 Å². The van der Waals surface area contributed by atoms with Crippen molar-refractivity contribution < 1.29 is 4.79 Å². The maximum Gasteiger partial charge on any atom is 0.182 e. The zero-order chi connectivity index (χ0) is 11.9. The predicted molar refractivity (Wildman–Crippen MR) is 65.8 cm³/mol. The second-order valence-corrected chi connectivity index (χ2v) is 5.21. The lowest BCUT2D eigenvalue weighted by Gasteiger charge is -2.13. The minimum Gasteiger partial charge on any atom is -0.319 e. The normalized spacial score (nSPS) is 17.6. The van der Waals surface area contributed by atoms with Gasteiger partial charge in [-0.3, -0.25) is 4.79 Å². The summed E-state index contributed by atoms with van der Waals surface area (Å²) in [6.07, 6.45) is 1.66. The Morgan fingerprint density at radius 2 is 2.00 bits per heavy atom. The number of Topliss-reactive ketones (excluding diaryl/α,β-unsaturated/α-hetero) is 1. The maximum absolute atomic E-state index is 12.2. The third-order valence-corrected chi connectivity index (χ3v) is 3.41. The third kappa shape index (κ3) is 1.90. The minimum absolute atomic E-state index is 0.118. The number of carbonyl (C=O) groups excluding carboxylic acids is 1. The highest BCUT2D eigenvalue weighted by Crippen LogP contribution is 2.36. The maximum atomic E-state index is 12.2. The Balaban J connectivity index is 2.39. The molecule has 1 aliphatic carbocycles. The van der Waals surface area contributed by atoms with Gasteiger partial charge in [0.1, 0.15) is 0 Å². The third-order valence-electron chi connectivity index (χ3n) is 3.41. The first kappa shape index (κ1) is 11.3. The van der Waals surface area contributed by atoms with Gasteiger partial charge in [0.05, 0.1) is 5.54 Å². The molecular weight excluding hydrogens is 198 g/mol. The molecule has 0 heterocycles. The van der Waals surface area contributed by atoms with Crippen molar-refractivity contribution in [3.05, 3.63) is 34.9 Å². The van der Waals surface area contributed by atoms with E-state index in [0.717, 1.165) is 24.0 Å². The number of carbonyl (C=O) groups is 1. The highest BCUT2D eigenvalue weighted by atomic mass is 16.1. The van der Waals surface area contributed by atoms with Crippen molar-refractivity contribution >= 4 is 5.78 Å². The van der Waals surface area contributed by atoms with Gasteiger partial charge in [0, 0.05) is 5.56 Å². The molecule has 1 fully saturated rings. The molecule has 0 unspecified atom stereocenters. The molecule has 2 N–H and O–H groups in total. The first-order valence-corrected chi connectivity index (χ1v) is 5.88. The van der Waals surface area contributed by atoms with Gasteiger partial charge in [0.2, 0.25) is 0 Å². The van der Waals surface area contributed by atoms with E-state index in [4.69, 9.17) is 5.73 Å². The monoisotopic (exact) mass is 217 g/mol. The van der Waals surface area contributed by atoms with E-state index < -0.39 is 5.54 Å². The zero-order valence-corrected chi connectivity index (χ0v) is 10.2. The summed E-state index contributed by atoms with van der Waals surface area (Å²) in [6.45, 7) is 6.24. The highest BCUT2D eigenvalue weighted by molar-refractivity contribution is 6.06. The molecular formula is C14H19NO. The highest BCUT2D eigenvalue weighted by Gasteiger charge is 2.46. The standard InChI is InChI=1S/C14H19NO/c1-9(2)11-5-4-10(3)12(8-11)13(16)14(15)6-7-14/h4-5,8-9H,6-7,15H2,1-3H3. The zero-order valence-electron chi connectivity index (χ0n) is 10.2. The molecule has 1 aromatic rings. The van der Waals surface area contributed by atoms with Crippen molar-refractivity contribution in [1.82, 2.24) is 0 Å². The van der Waals surface area contributed by atoms with Crippen molar-refractivity contribution in [3.8, 4) is 0 Å². The molecule has 1 aliphatic rings. The lowest BCUT2D eigenvalue weighted by Crippen LogP contribution is -2.33. The molecule has 2 heteroatoms. The Morgan fingerprint density at radius 3 is 2.50 bits per heavy atom. The topological polar surface area (TPSA) is 43.1 Å². The fourth-order valence-electron chi connectivity index (χ4n) is 1.87. The number of aryl methyl sites for hydroxylation is 1. The van der Waals surface area contributed by atoms with E-state index in [1.807, 2.05) is 19.1 Å². The second-order valence-electron chi connectivity index (χ2n) is 5.21. The molecule has 0 aromatic heterocycles. The Hall–Kier alpha value is -1.15. The van der Waals surface area contributed by atoms with E-state index in [1.165, 1.54) is 5.56 Å². The summed E-state index contributed by atoms with van der Waals surface area (Å²) in [5.41, 5.74) is 8.46. The molecule has 0 amide bonds. The Labute approximate surface area is 96.8 Å². The van der Waals surface area contributed by atoms with Crippen LogP contribution in [-0.4, -0.2) is 11.3 Å². The molecule has 16 heavy (non-hydrogen) atoms. The van der Waals surface area contributed by atoms with Crippen molar-refractivity contribution in [3.63, 3.8) is 0 Å². The number of hydrogen-bond donors (Lipinski definition) is 1. The van der Waals surface area contributed by atoms with Gasteiger partial charge in [0.15, 0.2) is 5.78 Å². The molecule has 2 nitrogen and oxygen atoms in total. The molecule has 0 saturated heterocycles. The van der Waals surface area contributed by atoms with E-state index in [0.29, 0.717) is 5.92 Å². The van der Waals surface area contributed by atoms with E-state index in [-0.39, 0.29) is 5.78 Å². The quantitative estimate of drug-likeness (QED) is 0.791. The number of nitrogens with two attached hydrogens (primary N) is 1. The van der Waals surface area contributed by atoms with E-state index in [1.54, 1.807) is 0 Å². The SMILES string of the molecule is Cc1ccc(C(C)C)cc1C(=O)C1(N)CC1. The summed E-state index contributed by atoms with van der Waals surface area (Å²) >= 11 is 0. The van der Waals surface area contributed by atoms with Gasteiger partial charge < -0.3 is 5.73 Å². The summed E-state index contributed by atoms with van der Waals surface area (Å²) < 4.78 is 0. The fourth-order valence-corrected chi connectivity index (χ4v) is 1.87. The number of rotatable bonds is 3. The minimum atomic E-state index is -0.555. The number of ketones is 1. The average molecular weight is 217 g/mol. The molecule has 0 spiro atoms. The molecule has 1 saturated carbocycles. The molecule has 1 aromatic carbocycles. The van der Waals surface area contributed by atoms with Gasteiger partial charge in [-0.1, -0.05) is 26.0 Å². The van der Waals surface area contributed by atoms with Crippen LogP contribution >= 0.6 is 0 Å². The average Bonchev–Trinajstić information content (AvgIpc) is 2.97. The first-order valence-electron chi connectivity index (χ1n) is 5.88. The first-order chi connectivity index (χ1) is 7.44. The molecule has 0 radical (unpaired) electrons. The number of benzene rings is 1. The lowest BCUT2D eigenvalue weighted by molar-refractivity contribution is 0.0948. The van der Waals surface area contributed by atoms with Crippen LogP contribution in [0.2, 0.25) is 0 Å². The Bertz CT molecular complexity index is 430. The largest absolute Gasteiger partial charge is 0.319 e. The van der Waals surface area contributed by atoms with E-state index in [9.17, 15) is 4.79 Å². The molecule has 2 rings (SSSR count). The van der Waals surface area contributed by atoms with Gasteiger partial charge in [0.25, 0.3) is 0 Å². The lowest BCUT2D eigenvalue weighted by atomic mass is 9.93. The Kier molecular flexibility index (Phi) is 2.62. The van der Waals surface area contributed by atoms with Crippen LogP contribution < -0.4 is 5.73 Å². The summed E-state index contributed by atoms with van der Waals surface area (Å²) in [4.78, 5) is 12.2. The van der Waals surface area contributed by atoms with Crippen LogP contribution in [0.25, 0.3) is 0 Å². The summed E-state index contributed by atoms with van der Waals surface area (Å²) in [5.74, 6) is 0.563. The van der Waals surface area contributed by atoms with Gasteiger partial charge in [-0.05, 0) is 42.9 Å². The molecule has 86 valence electrons. The summed E-state index contributed by atoms with van der Waals surface area (Å²) in [5, 5.41) is 0. The Morgan fingerprint density at radius 1 is 1.38 bits per heavy atom. The van der Waals surface area contributed by atoms with Crippen LogP contribution in [0.5, 0.6) is 0 Å². The van der Waals surface area contributed by atoms with Crippen molar-refractivity contribution in [1.29, 1.82) is 0 Å². The predicted octanol–water partition coefficient (Wildman–Crippen LogP) is 2.79. The molecule has 0 atom stereocenters. The van der Waals surface area contributed by atoms with Crippen molar-refractivity contribution in [2.75, 3.05) is 0 Å². The van der Waals surface area contributed by atoms with E-state index >= 15 is 0 Å².